The van der Waals surface area contributed by atoms with Gasteiger partial charge in [0.05, 0.1) is 17.8 Å². The first-order chi connectivity index (χ1) is 13.9. The molecule has 0 bridgehead atoms. The Morgan fingerprint density at radius 3 is 2.55 bits per heavy atom. The van der Waals surface area contributed by atoms with Gasteiger partial charge in [-0.25, -0.2) is 4.98 Å². The largest absolute Gasteiger partial charge is 0.495 e. The van der Waals surface area contributed by atoms with E-state index >= 15 is 0 Å². The van der Waals surface area contributed by atoms with E-state index in [4.69, 9.17) is 27.9 Å². The smallest absolute Gasteiger partial charge is 0.257 e. The number of anilines is 2. The van der Waals surface area contributed by atoms with Gasteiger partial charge in [-0.1, -0.05) is 23.2 Å². The Bertz CT molecular complexity index is 1020. The van der Waals surface area contributed by atoms with E-state index in [-0.39, 0.29) is 18.2 Å². The fourth-order valence-electron chi connectivity index (χ4n) is 2.46. The van der Waals surface area contributed by atoms with Crippen LogP contribution in [0.1, 0.15) is 22.5 Å². The number of carbonyl (C=O) groups is 2. The lowest BCUT2D eigenvalue weighted by atomic mass is 10.2. The van der Waals surface area contributed by atoms with Crippen LogP contribution >= 0.6 is 34.5 Å². The average molecular weight is 450 g/mol. The quantitative estimate of drug-likeness (QED) is 0.513. The zero-order valence-electron chi connectivity index (χ0n) is 15.4. The number of nitrogens with zero attached hydrogens (tertiary/aromatic N) is 1. The Hall–Kier alpha value is -2.61. The molecule has 29 heavy (non-hydrogen) atoms. The molecule has 150 valence electrons. The van der Waals surface area contributed by atoms with E-state index in [9.17, 15) is 9.59 Å². The molecule has 3 rings (SSSR count). The first-order valence-electron chi connectivity index (χ1n) is 8.59. The number of hydrogen-bond donors (Lipinski definition) is 2. The minimum Gasteiger partial charge on any atom is -0.495 e. The first kappa shape index (κ1) is 21.1. The standard InChI is InChI=1S/C20H17Cl2N3O3S/c1-28-17-8-6-14(10-16(17)22)23-18(26)9-7-15-11-29-20(24-15)25-19(27)12-2-4-13(21)5-3-12/h2-6,8,10-11H,7,9H2,1H3,(H,23,26)(H,24,25,27). The lowest BCUT2D eigenvalue weighted by Gasteiger charge is -2.07. The Balaban J connectivity index is 1.51. The highest BCUT2D eigenvalue weighted by Gasteiger charge is 2.11. The van der Waals surface area contributed by atoms with E-state index in [1.165, 1.54) is 18.4 Å². The van der Waals surface area contributed by atoms with Crippen molar-refractivity contribution in [3.8, 4) is 5.75 Å². The molecule has 0 fully saturated rings. The Morgan fingerprint density at radius 2 is 1.86 bits per heavy atom. The molecule has 0 aliphatic heterocycles. The van der Waals surface area contributed by atoms with Crippen LogP contribution in [-0.4, -0.2) is 23.9 Å². The number of hydrogen-bond acceptors (Lipinski definition) is 5. The van der Waals surface area contributed by atoms with Crippen LogP contribution in [0.4, 0.5) is 10.8 Å². The van der Waals surface area contributed by atoms with E-state index in [1.54, 1.807) is 42.5 Å². The van der Waals surface area contributed by atoms with E-state index < -0.39 is 0 Å². The van der Waals surface area contributed by atoms with Crippen LogP contribution in [-0.2, 0) is 11.2 Å². The molecule has 0 spiro atoms. The van der Waals surface area contributed by atoms with Crippen molar-refractivity contribution in [3.63, 3.8) is 0 Å². The molecule has 2 amide bonds. The monoisotopic (exact) mass is 449 g/mol. The number of ether oxygens (including phenoxy) is 1. The third kappa shape index (κ3) is 5.93. The van der Waals surface area contributed by atoms with Gasteiger partial charge in [0, 0.05) is 28.1 Å². The number of amides is 2. The van der Waals surface area contributed by atoms with Crippen molar-refractivity contribution in [2.45, 2.75) is 12.8 Å². The molecule has 0 saturated carbocycles. The fourth-order valence-corrected chi connectivity index (χ4v) is 3.58. The molecule has 2 aromatic carbocycles. The van der Waals surface area contributed by atoms with Crippen molar-refractivity contribution in [3.05, 3.63) is 69.1 Å². The molecule has 0 aliphatic rings. The molecule has 0 aliphatic carbocycles. The summed E-state index contributed by atoms with van der Waals surface area (Å²) in [6.45, 7) is 0. The number of carbonyl (C=O) groups excluding carboxylic acids is 2. The van der Waals surface area contributed by atoms with E-state index in [0.717, 1.165) is 5.69 Å². The molecule has 0 saturated heterocycles. The van der Waals surface area contributed by atoms with Gasteiger partial charge in [-0.3, -0.25) is 14.9 Å². The Labute approximate surface area is 181 Å². The maximum atomic E-state index is 12.2. The molecule has 0 radical (unpaired) electrons. The number of benzene rings is 2. The number of thiazole rings is 1. The number of halogens is 2. The van der Waals surface area contributed by atoms with Gasteiger partial charge in [0.15, 0.2) is 5.13 Å². The minimum atomic E-state index is -0.267. The minimum absolute atomic E-state index is 0.161. The fraction of sp³-hybridized carbons (Fsp3) is 0.150. The summed E-state index contributed by atoms with van der Waals surface area (Å²) < 4.78 is 5.09. The van der Waals surface area contributed by atoms with Crippen LogP contribution in [0.25, 0.3) is 0 Å². The molecular weight excluding hydrogens is 433 g/mol. The lowest BCUT2D eigenvalue weighted by molar-refractivity contribution is -0.116. The van der Waals surface area contributed by atoms with Crippen LogP contribution in [0.15, 0.2) is 47.8 Å². The second kappa shape index (κ2) is 9.73. The predicted molar refractivity (Wildman–Crippen MR) is 116 cm³/mol. The molecule has 1 heterocycles. The number of methoxy groups -OCH3 is 1. The molecule has 6 nitrogen and oxygen atoms in total. The normalized spacial score (nSPS) is 10.4. The second-order valence-corrected chi connectivity index (χ2v) is 7.70. The molecule has 0 unspecified atom stereocenters. The molecule has 9 heteroatoms. The van der Waals surface area contributed by atoms with Gasteiger partial charge in [-0.2, -0.15) is 0 Å². The van der Waals surface area contributed by atoms with Gasteiger partial charge in [-0.05, 0) is 48.9 Å². The molecule has 3 aromatic rings. The number of rotatable bonds is 7. The van der Waals surface area contributed by atoms with Gasteiger partial charge in [0.1, 0.15) is 5.75 Å². The van der Waals surface area contributed by atoms with Crippen LogP contribution in [0.2, 0.25) is 10.0 Å². The molecule has 2 N–H and O–H groups in total. The van der Waals surface area contributed by atoms with Crippen LogP contribution in [0, 0.1) is 0 Å². The molecule has 0 atom stereocenters. The zero-order chi connectivity index (χ0) is 20.8. The maximum absolute atomic E-state index is 12.2. The van der Waals surface area contributed by atoms with Crippen LogP contribution in [0.3, 0.4) is 0 Å². The maximum Gasteiger partial charge on any atom is 0.257 e. The number of aromatic nitrogens is 1. The first-order valence-corrected chi connectivity index (χ1v) is 10.2. The second-order valence-electron chi connectivity index (χ2n) is 6.00. The van der Waals surface area contributed by atoms with Crippen molar-refractivity contribution < 1.29 is 14.3 Å². The predicted octanol–water partition coefficient (Wildman–Crippen LogP) is 5.28. The average Bonchev–Trinajstić information content (AvgIpc) is 3.14. The highest BCUT2D eigenvalue weighted by Crippen LogP contribution is 2.27. The summed E-state index contributed by atoms with van der Waals surface area (Å²) in [5.74, 6) is 0.114. The zero-order valence-corrected chi connectivity index (χ0v) is 17.7. The third-order valence-corrected chi connectivity index (χ3v) is 5.28. The summed E-state index contributed by atoms with van der Waals surface area (Å²) in [5.41, 5.74) is 1.81. The summed E-state index contributed by atoms with van der Waals surface area (Å²) in [4.78, 5) is 28.7. The van der Waals surface area contributed by atoms with Crippen molar-refractivity contribution in [2.75, 3.05) is 17.7 Å². The van der Waals surface area contributed by atoms with Crippen molar-refractivity contribution in [2.24, 2.45) is 0 Å². The Kier molecular flexibility index (Phi) is 7.09. The topological polar surface area (TPSA) is 80.3 Å². The summed E-state index contributed by atoms with van der Waals surface area (Å²) >= 11 is 13.2. The van der Waals surface area contributed by atoms with E-state index in [1.807, 2.05) is 5.38 Å². The SMILES string of the molecule is COc1ccc(NC(=O)CCc2csc(NC(=O)c3ccc(Cl)cc3)n2)cc1Cl. The van der Waals surface area contributed by atoms with Crippen molar-refractivity contribution >= 4 is 57.2 Å². The summed E-state index contributed by atoms with van der Waals surface area (Å²) in [6, 6.07) is 11.6. The highest BCUT2D eigenvalue weighted by atomic mass is 35.5. The van der Waals surface area contributed by atoms with Crippen molar-refractivity contribution in [1.82, 2.24) is 4.98 Å². The van der Waals surface area contributed by atoms with Crippen molar-refractivity contribution in [1.29, 1.82) is 0 Å². The molecular formula is C20H17Cl2N3O3S. The van der Waals surface area contributed by atoms with Crippen LogP contribution in [0.5, 0.6) is 5.75 Å². The van der Waals surface area contributed by atoms with Gasteiger partial charge < -0.3 is 10.1 Å². The van der Waals surface area contributed by atoms with Gasteiger partial charge in [0.2, 0.25) is 5.91 Å². The van der Waals surface area contributed by atoms with E-state index in [2.05, 4.69) is 15.6 Å². The summed E-state index contributed by atoms with van der Waals surface area (Å²) in [5, 5.41) is 8.80. The summed E-state index contributed by atoms with van der Waals surface area (Å²) in [6.07, 6.45) is 0.695. The van der Waals surface area contributed by atoms with Gasteiger partial charge >= 0.3 is 0 Å². The number of aryl methyl sites for hydroxylation is 1. The van der Waals surface area contributed by atoms with Gasteiger partial charge in [-0.15, -0.1) is 11.3 Å². The third-order valence-electron chi connectivity index (χ3n) is 3.92. The molecule has 1 aromatic heterocycles. The van der Waals surface area contributed by atoms with Crippen LogP contribution < -0.4 is 15.4 Å². The number of nitrogens with one attached hydrogen (secondary N) is 2. The van der Waals surface area contributed by atoms with E-state index in [0.29, 0.717) is 38.6 Å². The highest BCUT2D eigenvalue weighted by molar-refractivity contribution is 7.14. The summed E-state index contributed by atoms with van der Waals surface area (Å²) in [7, 11) is 1.53. The van der Waals surface area contributed by atoms with Gasteiger partial charge in [0.25, 0.3) is 5.91 Å². The Morgan fingerprint density at radius 1 is 1.10 bits per heavy atom. The lowest BCUT2D eigenvalue weighted by Crippen LogP contribution is -2.13.